The highest BCUT2D eigenvalue weighted by atomic mass is 16.5. The van der Waals surface area contributed by atoms with Gasteiger partial charge in [0.15, 0.2) is 0 Å². The van der Waals surface area contributed by atoms with Crippen molar-refractivity contribution in [2.24, 2.45) is 11.8 Å². The van der Waals surface area contributed by atoms with Crippen LogP contribution >= 0.6 is 0 Å². The van der Waals surface area contributed by atoms with E-state index >= 15 is 0 Å². The van der Waals surface area contributed by atoms with Crippen LogP contribution in [0.5, 0.6) is 5.75 Å². The number of benzene rings is 1. The molecule has 0 saturated heterocycles. The van der Waals surface area contributed by atoms with Gasteiger partial charge >= 0.3 is 5.97 Å². The largest absolute Gasteiger partial charge is 0.496 e. The van der Waals surface area contributed by atoms with Gasteiger partial charge in [0.05, 0.1) is 7.11 Å². The van der Waals surface area contributed by atoms with Crippen molar-refractivity contribution in [2.45, 2.75) is 46.1 Å². The summed E-state index contributed by atoms with van der Waals surface area (Å²) in [5, 5.41) is 11.9. The number of carbonyl (C=O) groups is 2. The molecule has 23 heavy (non-hydrogen) atoms. The number of para-hydroxylation sites is 1. The van der Waals surface area contributed by atoms with Crippen LogP contribution in [0.4, 0.5) is 0 Å². The summed E-state index contributed by atoms with van der Waals surface area (Å²) in [5.74, 6) is -0.397. The third kappa shape index (κ3) is 5.93. The van der Waals surface area contributed by atoms with Crippen LogP contribution in [0, 0.1) is 11.8 Å². The lowest BCUT2D eigenvalue weighted by molar-refractivity contribution is -0.143. The molecular weight excluding hydrogens is 294 g/mol. The van der Waals surface area contributed by atoms with Gasteiger partial charge in [-0.25, -0.2) is 4.79 Å². The molecule has 0 radical (unpaired) electrons. The van der Waals surface area contributed by atoms with E-state index in [4.69, 9.17) is 4.74 Å². The molecule has 0 bridgehead atoms. The van der Waals surface area contributed by atoms with Crippen LogP contribution in [0.3, 0.4) is 0 Å². The number of carboxylic acid groups (broad SMARTS) is 1. The van der Waals surface area contributed by atoms with E-state index in [-0.39, 0.29) is 24.2 Å². The fourth-order valence-electron chi connectivity index (χ4n) is 2.55. The summed E-state index contributed by atoms with van der Waals surface area (Å²) in [4.78, 5) is 23.4. The Balaban J connectivity index is 2.61. The minimum absolute atomic E-state index is 0.0951. The molecule has 128 valence electrons. The first-order valence-electron chi connectivity index (χ1n) is 8.03. The zero-order valence-corrected chi connectivity index (χ0v) is 14.3. The average molecular weight is 321 g/mol. The summed E-state index contributed by atoms with van der Waals surface area (Å²) in [6.07, 6.45) is 1.70. The highest BCUT2D eigenvalue weighted by Gasteiger charge is 2.25. The molecule has 1 aromatic rings. The van der Waals surface area contributed by atoms with Gasteiger partial charge in [-0.2, -0.15) is 0 Å². The summed E-state index contributed by atoms with van der Waals surface area (Å²) < 4.78 is 5.31. The van der Waals surface area contributed by atoms with Crippen molar-refractivity contribution >= 4 is 11.9 Å². The number of hydrogen-bond acceptors (Lipinski definition) is 3. The number of carbonyl (C=O) groups excluding carboxylic acids is 1. The molecular formula is C18H27NO4. The highest BCUT2D eigenvalue weighted by molar-refractivity contribution is 5.83. The number of carboxylic acids is 1. The Morgan fingerprint density at radius 1 is 1.26 bits per heavy atom. The maximum Gasteiger partial charge on any atom is 0.326 e. The molecule has 0 heterocycles. The number of amides is 1. The second-order valence-corrected chi connectivity index (χ2v) is 6.09. The predicted octanol–water partition coefficient (Wildman–Crippen LogP) is 2.88. The number of ether oxygens (including phenoxy) is 1. The second kappa shape index (κ2) is 9.18. The van der Waals surface area contributed by atoms with Gasteiger partial charge in [-0.15, -0.1) is 0 Å². The first kappa shape index (κ1) is 19.0. The Hall–Kier alpha value is -2.04. The maximum absolute atomic E-state index is 12.1. The lowest BCUT2D eigenvalue weighted by Gasteiger charge is -2.21. The van der Waals surface area contributed by atoms with E-state index in [9.17, 15) is 14.7 Å². The van der Waals surface area contributed by atoms with E-state index in [2.05, 4.69) is 5.32 Å². The van der Waals surface area contributed by atoms with Gasteiger partial charge in [0.2, 0.25) is 5.91 Å². The minimum Gasteiger partial charge on any atom is -0.496 e. The number of nitrogens with one attached hydrogen (secondary N) is 1. The summed E-state index contributed by atoms with van der Waals surface area (Å²) in [7, 11) is 1.62. The van der Waals surface area contributed by atoms with Crippen LogP contribution in [0.1, 0.15) is 39.2 Å². The molecule has 2 N–H and O–H groups in total. The van der Waals surface area contributed by atoms with Gasteiger partial charge in [-0.3, -0.25) is 4.79 Å². The lowest BCUT2D eigenvalue weighted by Crippen LogP contribution is -2.45. The van der Waals surface area contributed by atoms with Gasteiger partial charge < -0.3 is 15.2 Å². The monoisotopic (exact) mass is 321 g/mol. The van der Waals surface area contributed by atoms with Gasteiger partial charge in [0.1, 0.15) is 11.8 Å². The summed E-state index contributed by atoms with van der Waals surface area (Å²) in [5.41, 5.74) is 1.05. The molecule has 0 fully saturated rings. The zero-order valence-electron chi connectivity index (χ0n) is 14.3. The molecule has 1 aromatic carbocycles. The van der Waals surface area contributed by atoms with E-state index < -0.39 is 12.0 Å². The predicted molar refractivity (Wildman–Crippen MR) is 89.5 cm³/mol. The zero-order chi connectivity index (χ0) is 17.4. The van der Waals surface area contributed by atoms with Crippen molar-refractivity contribution in [3.63, 3.8) is 0 Å². The third-order valence-corrected chi connectivity index (χ3v) is 4.09. The van der Waals surface area contributed by atoms with E-state index in [0.29, 0.717) is 12.8 Å². The molecule has 5 nitrogen and oxygen atoms in total. The van der Waals surface area contributed by atoms with Gasteiger partial charge in [0.25, 0.3) is 0 Å². The number of aliphatic carboxylic acids is 1. The van der Waals surface area contributed by atoms with E-state index in [1.807, 2.05) is 45.0 Å². The van der Waals surface area contributed by atoms with E-state index in [0.717, 1.165) is 11.3 Å². The maximum atomic E-state index is 12.1. The Labute approximate surface area is 138 Å². The Morgan fingerprint density at radius 3 is 2.48 bits per heavy atom. The van der Waals surface area contributed by atoms with Crippen LogP contribution in [-0.4, -0.2) is 30.1 Å². The van der Waals surface area contributed by atoms with Crippen molar-refractivity contribution < 1.29 is 19.4 Å². The van der Waals surface area contributed by atoms with Crippen LogP contribution in [0.25, 0.3) is 0 Å². The summed E-state index contributed by atoms with van der Waals surface area (Å²) in [6.45, 7) is 5.72. The molecule has 3 atom stereocenters. The molecule has 5 heteroatoms. The topological polar surface area (TPSA) is 75.6 Å². The van der Waals surface area contributed by atoms with Crippen molar-refractivity contribution in [3.05, 3.63) is 29.8 Å². The Bertz CT molecular complexity index is 530. The number of hydrogen-bond donors (Lipinski definition) is 2. The molecule has 0 aliphatic rings. The molecule has 0 aliphatic heterocycles. The lowest BCUT2D eigenvalue weighted by atomic mass is 9.95. The van der Waals surface area contributed by atoms with E-state index in [1.54, 1.807) is 7.11 Å². The van der Waals surface area contributed by atoms with Crippen LogP contribution in [-0.2, 0) is 16.0 Å². The Morgan fingerprint density at radius 2 is 1.91 bits per heavy atom. The quantitative estimate of drug-likeness (QED) is 0.733. The number of methoxy groups -OCH3 is 1. The third-order valence-electron chi connectivity index (χ3n) is 4.09. The minimum atomic E-state index is -0.981. The van der Waals surface area contributed by atoms with Crippen molar-refractivity contribution in [1.82, 2.24) is 5.32 Å². The molecule has 0 saturated carbocycles. The van der Waals surface area contributed by atoms with Crippen LogP contribution in [0.2, 0.25) is 0 Å². The average Bonchev–Trinajstić information content (AvgIpc) is 2.51. The van der Waals surface area contributed by atoms with Crippen LogP contribution < -0.4 is 10.1 Å². The molecule has 0 aromatic heterocycles. The molecule has 0 spiro atoms. The molecule has 1 rings (SSSR count). The molecule has 1 amide bonds. The normalized spacial score (nSPS) is 14.6. The molecule has 3 unspecified atom stereocenters. The number of rotatable bonds is 9. The van der Waals surface area contributed by atoms with Crippen molar-refractivity contribution in [2.75, 3.05) is 7.11 Å². The van der Waals surface area contributed by atoms with Gasteiger partial charge in [-0.1, -0.05) is 45.4 Å². The van der Waals surface area contributed by atoms with Crippen molar-refractivity contribution in [3.8, 4) is 5.75 Å². The summed E-state index contributed by atoms with van der Waals surface area (Å²) in [6, 6.07) is 6.89. The SMILES string of the molecule is CCC(C)C(NC(=O)CC(C)Cc1ccccc1OC)C(=O)O. The first-order valence-corrected chi connectivity index (χ1v) is 8.03. The fourth-order valence-corrected chi connectivity index (χ4v) is 2.55. The van der Waals surface area contributed by atoms with E-state index in [1.165, 1.54) is 0 Å². The fraction of sp³-hybridized carbons (Fsp3) is 0.556. The Kier molecular flexibility index (Phi) is 7.59. The van der Waals surface area contributed by atoms with Gasteiger partial charge in [-0.05, 0) is 29.9 Å². The summed E-state index contributed by atoms with van der Waals surface area (Å²) >= 11 is 0. The smallest absolute Gasteiger partial charge is 0.326 e. The highest BCUT2D eigenvalue weighted by Crippen LogP contribution is 2.22. The second-order valence-electron chi connectivity index (χ2n) is 6.09. The van der Waals surface area contributed by atoms with Gasteiger partial charge in [0, 0.05) is 6.42 Å². The first-order chi connectivity index (χ1) is 10.9. The molecule has 0 aliphatic carbocycles. The van der Waals surface area contributed by atoms with Crippen molar-refractivity contribution in [1.29, 1.82) is 0 Å². The standard InChI is InChI=1S/C18H27NO4/c1-5-13(3)17(18(21)22)19-16(20)11-12(2)10-14-8-6-7-9-15(14)23-4/h6-9,12-13,17H,5,10-11H2,1-4H3,(H,19,20)(H,21,22). The van der Waals surface area contributed by atoms with Crippen LogP contribution in [0.15, 0.2) is 24.3 Å².